The third-order valence-electron chi connectivity index (χ3n) is 4.92. The number of nitrogens with zero attached hydrogens (tertiary/aromatic N) is 1. The van der Waals surface area contributed by atoms with Gasteiger partial charge in [-0.3, -0.25) is 4.79 Å². The first-order chi connectivity index (χ1) is 12.7. The van der Waals surface area contributed by atoms with Crippen molar-refractivity contribution in [2.24, 2.45) is 11.7 Å². The number of nitrogens with one attached hydrogen (secondary N) is 1. The van der Waals surface area contributed by atoms with Crippen LogP contribution in [0.5, 0.6) is 5.75 Å². The minimum atomic E-state index is -0.187. The first kappa shape index (κ1) is 18.3. The van der Waals surface area contributed by atoms with Crippen molar-refractivity contribution in [2.45, 2.75) is 25.9 Å². The van der Waals surface area contributed by atoms with Gasteiger partial charge in [0.1, 0.15) is 5.75 Å². The Kier molecular flexibility index (Phi) is 6.12. The number of methoxy groups -OCH3 is 1. The Hall–Kier alpha value is -2.53. The van der Waals surface area contributed by atoms with Gasteiger partial charge in [0.05, 0.1) is 13.0 Å². The highest BCUT2D eigenvalue weighted by Gasteiger charge is 2.23. The van der Waals surface area contributed by atoms with E-state index in [2.05, 4.69) is 40.5 Å². The fourth-order valence-corrected chi connectivity index (χ4v) is 3.40. The summed E-state index contributed by atoms with van der Waals surface area (Å²) in [7, 11) is 1.68. The van der Waals surface area contributed by atoms with Crippen LogP contribution in [0.25, 0.3) is 0 Å². The Morgan fingerprint density at radius 1 is 1.19 bits per heavy atom. The fraction of sp³-hybridized carbons (Fsp3) is 0.381. The average molecular weight is 353 g/mol. The zero-order chi connectivity index (χ0) is 18.4. The molecule has 1 aliphatic heterocycles. The van der Waals surface area contributed by atoms with Crippen LogP contribution >= 0.6 is 0 Å². The van der Waals surface area contributed by atoms with Crippen LogP contribution in [-0.4, -0.2) is 26.1 Å². The summed E-state index contributed by atoms with van der Waals surface area (Å²) in [6.45, 7) is 3.31. The smallest absolute Gasteiger partial charge is 0.222 e. The number of rotatable bonds is 7. The summed E-state index contributed by atoms with van der Waals surface area (Å²) >= 11 is 0. The molecule has 3 N–H and O–H groups in total. The van der Waals surface area contributed by atoms with E-state index in [1.807, 2.05) is 18.2 Å². The van der Waals surface area contributed by atoms with E-state index in [1.54, 1.807) is 7.11 Å². The minimum absolute atomic E-state index is 0.0343. The molecule has 1 atom stereocenters. The van der Waals surface area contributed by atoms with E-state index < -0.39 is 0 Å². The van der Waals surface area contributed by atoms with Gasteiger partial charge in [-0.2, -0.15) is 0 Å². The van der Waals surface area contributed by atoms with Gasteiger partial charge in [-0.25, -0.2) is 0 Å². The maximum Gasteiger partial charge on any atom is 0.222 e. The lowest BCUT2D eigenvalue weighted by Crippen LogP contribution is -2.41. The van der Waals surface area contributed by atoms with Crippen LogP contribution in [-0.2, 0) is 17.9 Å². The monoisotopic (exact) mass is 353 g/mol. The molecule has 138 valence electrons. The molecule has 0 aliphatic carbocycles. The van der Waals surface area contributed by atoms with E-state index in [9.17, 15) is 4.79 Å². The highest BCUT2D eigenvalue weighted by Crippen LogP contribution is 2.23. The van der Waals surface area contributed by atoms with Crippen molar-refractivity contribution in [3.8, 4) is 5.75 Å². The summed E-state index contributed by atoms with van der Waals surface area (Å²) in [5.41, 5.74) is 9.07. The number of amides is 1. The molecule has 1 fully saturated rings. The lowest BCUT2D eigenvalue weighted by Gasteiger charge is -2.33. The molecule has 0 spiro atoms. The second-order valence-corrected chi connectivity index (χ2v) is 6.81. The summed E-state index contributed by atoms with van der Waals surface area (Å²) in [4.78, 5) is 13.7. The quantitative estimate of drug-likeness (QED) is 0.803. The van der Waals surface area contributed by atoms with Crippen LogP contribution < -0.4 is 20.7 Å². The third-order valence-corrected chi connectivity index (χ3v) is 4.92. The minimum Gasteiger partial charge on any atom is -0.497 e. The van der Waals surface area contributed by atoms with Gasteiger partial charge in [-0.15, -0.1) is 0 Å². The van der Waals surface area contributed by atoms with Crippen molar-refractivity contribution in [2.75, 3.05) is 25.1 Å². The van der Waals surface area contributed by atoms with Gasteiger partial charge in [-0.1, -0.05) is 24.3 Å². The zero-order valence-electron chi connectivity index (χ0n) is 15.3. The Morgan fingerprint density at radius 2 is 1.96 bits per heavy atom. The Bertz CT molecular complexity index is 730. The zero-order valence-corrected chi connectivity index (χ0v) is 15.3. The van der Waals surface area contributed by atoms with Gasteiger partial charge in [-0.05, 0) is 48.2 Å². The van der Waals surface area contributed by atoms with E-state index in [4.69, 9.17) is 10.5 Å². The lowest BCUT2D eigenvalue weighted by molar-refractivity contribution is -0.122. The Labute approximate surface area is 155 Å². The van der Waals surface area contributed by atoms with Crippen LogP contribution in [0.4, 0.5) is 5.69 Å². The Balaban J connectivity index is 1.52. The molecule has 5 heteroatoms. The number of anilines is 1. The number of benzene rings is 2. The molecular weight excluding hydrogens is 326 g/mol. The molecule has 2 aromatic rings. The normalized spacial score (nSPS) is 17.1. The molecule has 1 heterocycles. The van der Waals surface area contributed by atoms with Crippen LogP contribution in [0.2, 0.25) is 0 Å². The molecule has 1 aliphatic rings. The highest BCUT2D eigenvalue weighted by molar-refractivity contribution is 5.77. The topological polar surface area (TPSA) is 67.6 Å². The number of nitrogens with two attached hydrogens (primary N) is 1. The number of carbonyl (C=O) groups is 1. The SMILES string of the molecule is COc1cccc(CNCc2ccc(N3CCC[C@H](C(N)=O)C3)cc2)c1. The summed E-state index contributed by atoms with van der Waals surface area (Å²) in [5, 5.41) is 3.46. The van der Waals surface area contributed by atoms with Crippen LogP contribution in [0.15, 0.2) is 48.5 Å². The standard InChI is InChI=1S/C21H27N3O2/c1-26-20-6-2-4-17(12-20)14-23-13-16-7-9-19(10-8-16)24-11-3-5-18(15-24)21(22)25/h2,4,6-10,12,18,23H,3,5,11,13-15H2,1H3,(H2,22,25)/t18-/m0/s1. The number of hydrogen-bond acceptors (Lipinski definition) is 4. The summed E-state index contributed by atoms with van der Waals surface area (Å²) in [6.07, 6.45) is 1.91. The fourth-order valence-electron chi connectivity index (χ4n) is 3.40. The van der Waals surface area contributed by atoms with Crippen molar-refractivity contribution in [1.29, 1.82) is 0 Å². The van der Waals surface area contributed by atoms with Crippen molar-refractivity contribution in [3.63, 3.8) is 0 Å². The van der Waals surface area contributed by atoms with Gasteiger partial charge in [0.15, 0.2) is 0 Å². The lowest BCUT2D eigenvalue weighted by atomic mass is 9.97. The molecular formula is C21H27N3O2. The van der Waals surface area contributed by atoms with Crippen LogP contribution in [0.3, 0.4) is 0 Å². The summed E-state index contributed by atoms with van der Waals surface area (Å²) < 4.78 is 5.25. The first-order valence-electron chi connectivity index (χ1n) is 9.12. The molecule has 0 bridgehead atoms. The highest BCUT2D eigenvalue weighted by atomic mass is 16.5. The molecule has 0 saturated carbocycles. The van der Waals surface area contributed by atoms with Crippen molar-refractivity contribution in [3.05, 3.63) is 59.7 Å². The predicted molar refractivity (Wildman–Crippen MR) is 104 cm³/mol. The molecule has 0 unspecified atom stereocenters. The first-order valence-corrected chi connectivity index (χ1v) is 9.12. The van der Waals surface area contributed by atoms with Gasteiger partial charge in [0.2, 0.25) is 5.91 Å². The molecule has 3 rings (SSSR count). The van der Waals surface area contributed by atoms with Crippen LogP contribution in [0.1, 0.15) is 24.0 Å². The molecule has 1 amide bonds. The van der Waals surface area contributed by atoms with E-state index in [-0.39, 0.29) is 11.8 Å². The Morgan fingerprint density at radius 3 is 2.69 bits per heavy atom. The molecule has 5 nitrogen and oxygen atoms in total. The number of hydrogen-bond donors (Lipinski definition) is 2. The molecule has 0 radical (unpaired) electrons. The van der Waals surface area contributed by atoms with Gasteiger partial charge >= 0.3 is 0 Å². The number of ether oxygens (including phenoxy) is 1. The van der Waals surface area contributed by atoms with E-state index in [1.165, 1.54) is 11.1 Å². The average Bonchev–Trinajstić information content (AvgIpc) is 2.69. The largest absolute Gasteiger partial charge is 0.497 e. The van der Waals surface area contributed by atoms with E-state index >= 15 is 0 Å². The molecule has 0 aromatic heterocycles. The third kappa shape index (κ3) is 4.76. The second-order valence-electron chi connectivity index (χ2n) is 6.81. The van der Waals surface area contributed by atoms with Crippen molar-refractivity contribution < 1.29 is 9.53 Å². The van der Waals surface area contributed by atoms with Crippen molar-refractivity contribution in [1.82, 2.24) is 5.32 Å². The molecule has 2 aromatic carbocycles. The van der Waals surface area contributed by atoms with Gasteiger partial charge in [0.25, 0.3) is 0 Å². The van der Waals surface area contributed by atoms with E-state index in [0.29, 0.717) is 0 Å². The second kappa shape index (κ2) is 8.72. The summed E-state index contributed by atoms with van der Waals surface area (Å²) in [6, 6.07) is 16.6. The molecule has 26 heavy (non-hydrogen) atoms. The van der Waals surface area contributed by atoms with Crippen molar-refractivity contribution >= 4 is 11.6 Å². The number of carbonyl (C=O) groups excluding carboxylic acids is 1. The summed E-state index contributed by atoms with van der Waals surface area (Å²) in [5.74, 6) is 0.658. The van der Waals surface area contributed by atoms with Gasteiger partial charge in [0, 0.05) is 31.9 Å². The van der Waals surface area contributed by atoms with Gasteiger partial charge < -0.3 is 20.7 Å². The van der Waals surface area contributed by atoms with E-state index in [0.717, 1.165) is 50.5 Å². The predicted octanol–water partition coefficient (Wildman–Crippen LogP) is 2.69. The maximum absolute atomic E-state index is 11.4. The molecule has 1 saturated heterocycles. The van der Waals surface area contributed by atoms with Crippen LogP contribution in [0, 0.1) is 5.92 Å². The number of piperidine rings is 1. The maximum atomic E-state index is 11.4. The number of primary amides is 1.